The summed E-state index contributed by atoms with van der Waals surface area (Å²) in [5.74, 6) is 0.125. The molecule has 84 valence electrons. The van der Waals surface area contributed by atoms with Gasteiger partial charge in [0.05, 0.1) is 17.8 Å². The third-order valence-corrected chi connectivity index (χ3v) is 3.61. The van der Waals surface area contributed by atoms with Crippen molar-refractivity contribution in [3.05, 3.63) is 50.9 Å². The van der Waals surface area contributed by atoms with Crippen LogP contribution in [0.4, 0.5) is 0 Å². The monoisotopic (exact) mass is 297 g/mol. The highest BCUT2D eigenvalue weighted by Crippen LogP contribution is 2.23. The molecule has 2 nitrogen and oxygen atoms in total. The fourth-order valence-electron chi connectivity index (χ4n) is 1.64. The lowest BCUT2D eigenvalue weighted by atomic mass is 9.95. The SMILES string of the molecule is OCC(Cc1cscn1)c1cccc(Br)c1. The number of aliphatic hydroxyl groups is 1. The van der Waals surface area contributed by atoms with Crippen LogP contribution in [0.2, 0.25) is 0 Å². The number of rotatable bonds is 4. The van der Waals surface area contributed by atoms with E-state index in [-0.39, 0.29) is 12.5 Å². The van der Waals surface area contributed by atoms with Crippen LogP contribution in [0.5, 0.6) is 0 Å². The molecular weight excluding hydrogens is 286 g/mol. The normalized spacial score (nSPS) is 12.6. The van der Waals surface area contributed by atoms with Gasteiger partial charge in [0.2, 0.25) is 0 Å². The Morgan fingerprint density at radius 2 is 2.31 bits per heavy atom. The average Bonchev–Trinajstić information content (AvgIpc) is 2.78. The number of hydrogen-bond donors (Lipinski definition) is 1. The standard InChI is InChI=1S/C12H12BrNOS/c13-11-3-1-2-9(4-11)10(6-15)5-12-7-16-8-14-12/h1-4,7-8,10,15H,5-6H2. The molecule has 1 heterocycles. The lowest BCUT2D eigenvalue weighted by Gasteiger charge is -2.13. The molecule has 2 rings (SSSR count). The summed E-state index contributed by atoms with van der Waals surface area (Å²) in [5.41, 5.74) is 4.01. The lowest BCUT2D eigenvalue weighted by molar-refractivity contribution is 0.264. The van der Waals surface area contributed by atoms with Gasteiger partial charge in [0.15, 0.2) is 0 Å². The Kier molecular flexibility index (Phi) is 4.09. The minimum atomic E-state index is 0.125. The van der Waals surface area contributed by atoms with Crippen molar-refractivity contribution < 1.29 is 5.11 Å². The minimum Gasteiger partial charge on any atom is -0.396 e. The van der Waals surface area contributed by atoms with Crippen LogP contribution in [0.3, 0.4) is 0 Å². The maximum absolute atomic E-state index is 9.43. The minimum absolute atomic E-state index is 0.125. The molecule has 0 radical (unpaired) electrons. The molecular formula is C12H12BrNOS. The zero-order valence-corrected chi connectivity index (χ0v) is 11.0. The second-order valence-electron chi connectivity index (χ2n) is 3.62. The van der Waals surface area contributed by atoms with Crippen LogP contribution in [-0.2, 0) is 6.42 Å². The van der Waals surface area contributed by atoms with Crippen molar-refractivity contribution in [3.63, 3.8) is 0 Å². The van der Waals surface area contributed by atoms with E-state index in [0.29, 0.717) is 0 Å². The summed E-state index contributed by atoms with van der Waals surface area (Å²) < 4.78 is 1.04. The summed E-state index contributed by atoms with van der Waals surface area (Å²) in [5, 5.41) is 11.5. The van der Waals surface area contributed by atoms with E-state index < -0.39 is 0 Å². The Bertz CT molecular complexity index is 444. The number of hydrogen-bond acceptors (Lipinski definition) is 3. The molecule has 0 bridgehead atoms. The molecule has 1 aromatic carbocycles. The van der Waals surface area contributed by atoms with E-state index in [0.717, 1.165) is 22.2 Å². The first-order valence-electron chi connectivity index (χ1n) is 5.03. The molecule has 2 aromatic rings. The highest BCUT2D eigenvalue weighted by atomic mass is 79.9. The predicted octanol–water partition coefficient (Wildman–Crippen LogP) is 3.22. The fraction of sp³-hybridized carbons (Fsp3) is 0.250. The van der Waals surface area contributed by atoms with Gasteiger partial charge in [0.25, 0.3) is 0 Å². The quantitative estimate of drug-likeness (QED) is 0.940. The molecule has 0 spiro atoms. The van der Waals surface area contributed by atoms with Gasteiger partial charge in [-0.05, 0) is 24.1 Å². The van der Waals surface area contributed by atoms with Gasteiger partial charge in [0, 0.05) is 15.8 Å². The van der Waals surface area contributed by atoms with E-state index in [1.54, 1.807) is 11.3 Å². The number of aliphatic hydroxyl groups excluding tert-OH is 1. The molecule has 0 aliphatic rings. The number of aromatic nitrogens is 1. The first-order chi connectivity index (χ1) is 7.79. The van der Waals surface area contributed by atoms with Crippen LogP contribution in [0.1, 0.15) is 17.2 Å². The van der Waals surface area contributed by atoms with Crippen LogP contribution in [0, 0.1) is 0 Å². The summed E-state index contributed by atoms with van der Waals surface area (Å²) in [6.07, 6.45) is 0.788. The highest BCUT2D eigenvalue weighted by molar-refractivity contribution is 9.10. The van der Waals surface area contributed by atoms with E-state index in [1.807, 2.05) is 35.2 Å². The second kappa shape index (κ2) is 5.57. The van der Waals surface area contributed by atoms with Crippen molar-refractivity contribution in [2.45, 2.75) is 12.3 Å². The van der Waals surface area contributed by atoms with Crippen molar-refractivity contribution in [2.24, 2.45) is 0 Å². The number of benzene rings is 1. The van der Waals surface area contributed by atoms with E-state index in [4.69, 9.17) is 0 Å². The molecule has 0 saturated heterocycles. The van der Waals surface area contributed by atoms with Gasteiger partial charge >= 0.3 is 0 Å². The van der Waals surface area contributed by atoms with Crippen molar-refractivity contribution in [3.8, 4) is 0 Å². The molecule has 0 aliphatic heterocycles. The van der Waals surface area contributed by atoms with E-state index in [1.165, 1.54) is 0 Å². The topological polar surface area (TPSA) is 33.1 Å². The Balaban J connectivity index is 2.16. The molecule has 1 atom stereocenters. The maximum atomic E-state index is 9.43. The Morgan fingerprint density at radius 1 is 1.44 bits per heavy atom. The third-order valence-electron chi connectivity index (χ3n) is 2.48. The second-order valence-corrected chi connectivity index (χ2v) is 5.25. The van der Waals surface area contributed by atoms with Crippen molar-refractivity contribution in [1.29, 1.82) is 0 Å². The van der Waals surface area contributed by atoms with E-state index in [2.05, 4.69) is 20.9 Å². The number of thiazole rings is 1. The van der Waals surface area contributed by atoms with Crippen LogP contribution >= 0.6 is 27.3 Å². The van der Waals surface area contributed by atoms with Crippen molar-refractivity contribution >= 4 is 27.3 Å². The first kappa shape index (κ1) is 11.8. The Labute approximate surface area is 107 Å². The maximum Gasteiger partial charge on any atom is 0.0794 e. The fourth-order valence-corrected chi connectivity index (χ4v) is 2.63. The Morgan fingerprint density at radius 3 is 2.94 bits per heavy atom. The van der Waals surface area contributed by atoms with Gasteiger partial charge in [-0.1, -0.05) is 28.1 Å². The van der Waals surface area contributed by atoms with E-state index in [9.17, 15) is 5.11 Å². The zero-order chi connectivity index (χ0) is 11.4. The van der Waals surface area contributed by atoms with Gasteiger partial charge < -0.3 is 5.11 Å². The molecule has 1 N–H and O–H groups in total. The van der Waals surface area contributed by atoms with Gasteiger partial charge in [0.1, 0.15) is 0 Å². The average molecular weight is 298 g/mol. The molecule has 1 aromatic heterocycles. The molecule has 0 aliphatic carbocycles. The predicted molar refractivity (Wildman–Crippen MR) is 69.8 cm³/mol. The largest absolute Gasteiger partial charge is 0.396 e. The molecule has 16 heavy (non-hydrogen) atoms. The zero-order valence-electron chi connectivity index (χ0n) is 8.64. The van der Waals surface area contributed by atoms with Crippen LogP contribution in [0.25, 0.3) is 0 Å². The summed E-state index contributed by atoms with van der Waals surface area (Å²) in [6.45, 7) is 0.147. The van der Waals surface area contributed by atoms with E-state index >= 15 is 0 Å². The number of halogens is 1. The highest BCUT2D eigenvalue weighted by Gasteiger charge is 2.12. The van der Waals surface area contributed by atoms with Crippen molar-refractivity contribution in [1.82, 2.24) is 4.98 Å². The van der Waals surface area contributed by atoms with Gasteiger partial charge in [-0.25, -0.2) is 4.98 Å². The summed E-state index contributed by atoms with van der Waals surface area (Å²) in [6, 6.07) is 8.06. The molecule has 0 amide bonds. The van der Waals surface area contributed by atoms with Crippen LogP contribution in [0.15, 0.2) is 39.6 Å². The van der Waals surface area contributed by atoms with Gasteiger partial charge in [-0.2, -0.15) is 0 Å². The number of nitrogens with zero attached hydrogens (tertiary/aromatic N) is 1. The molecule has 4 heteroatoms. The van der Waals surface area contributed by atoms with Gasteiger partial charge in [-0.3, -0.25) is 0 Å². The van der Waals surface area contributed by atoms with Crippen LogP contribution in [-0.4, -0.2) is 16.7 Å². The Hall–Kier alpha value is -0.710. The van der Waals surface area contributed by atoms with Crippen molar-refractivity contribution in [2.75, 3.05) is 6.61 Å². The smallest absolute Gasteiger partial charge is 0.0794 e. The first-order valence-corrected chi connectivity index (χ1v) is 6.76. The lowest BCUT2D eigenvalue weighted by Crippen LogP contribution is -2.07. The summed E-state index contributed by atoms with van der Waals surface area (Å²) in [4.78, 5) is 4.25. The summed E-state index contributed by atoms with van der Waals surface area (Å²) >= 11 is 5.03. The summed E-state index contributed by atoms with van der Waals surface area (Å²) in [7, 11) is 0. The molecule has 0 saturated carbocycles. The molecule has 1 unspecified atom stereocenters. The van der Waals surface area contributed by atoms with Gasteiger partial charge in [-0.15, -0.1) is 11.3 Å². The van der Waals surface area contributed by atoms with Crippen LogP contribution < -0.4 is 0 Å². The molecule has 0 fully saturated rings. The third kappa shape index (κ3) is 2.90.